The molecule has 34 heavy (non-hydrogen) atoms. The van der Waals surface area contributed by atoms with Crippen molar-refractivity contribution in [2.75, 3.05) is 11.5 Å². The first-order chi connectivity index (χ1) is 16.3. The van der Waals surface area contributed by atoms with E-state index >= 15 is 0 Å². The number of nitrogens with zero attached hydrogens (tertiary/aromatic N) is 1. The average molecular weight is 535 g/mol. The molecule has 3 aromatic rings. The number of H-pyrrole nitrogens is 1. The van der Waals surface area contributed by atoms with Gasteiger partial charge in [0, 0.05) is 10.8 Å². The number of hydrogen-bond acceptors (Lipinski definition) is 7. The van der Waals surface area contributed by atoms with Gasteiger partial charge in [-0.05, 0) is 42.8 Å². The van der Waals surface area contributed by atoms with Crippen molar-refractivity contribution in [2.45, 2.75) is 23.1 Å². The third kappa shape index (κ3) is 3.67. The summed E-state index contributed by atoms with van der Waals surface area (Å²) in [5.41, 5.74) is 1.26. The smallest absolute Gasteiger partial charge is 0.338 e. The Bertz CT molecular complexity index is 1380. The highest BCUT2D eigenvalue weighted by Crippen LogP contribution is 2.54. The molecule has 3 atom stereocenters. The molecule has 2 aromatic carbocycles. The molecule has 0 saturated carbocycles. The van der Waals surface area contributed by atoms with Gasteiger partial charge < -0.3 is 9.72 Å². The molecule has 0 bridgehead atoms. The second kappa shape index (κ2) is 8.88. The molecule has 0 radical (unpaired) electrons. The molecule has 2 amide bonds. The molecule has 11 heteroatoms. The van der Waals surface area contributed by atoms with Crippen molar-refractivity contribution >= 4 is 69.8 Å². The summed E-state index contributed by atoms with van der Waals surface area (Å²) in [6.45, 7) is 1.95. The van der Waals surface area contributed by atoms with Crippen molar-refractivity contribution < 1.29 is 19.1 Å². The zero-order chi connectivity index (χ0) is 24.1. The fourth-order valence-corrected chi connectivity index (χ4v) is 7.26. The molecule has 1 saturated heterocycles. The monoisotopic (exact) mass is 534 g/mol. The predicted molar refractivity (Wildman–Crippen MR) is 131 cm³/mol. The number of nitrogens with one attached hydrogen (secondary N) is 1. The Kier molecular flexibility index (Phi) is 6.05. The first-order valence-electron chi connectivity index (χ1n) is 10.3. The van der Waals surface area contributed by atoms with E-state index < -0.39 is 34.9 Å². The van der Waals surface area contributed by atoms with Crippen LogP contribution in [0.1, 0.15) is 33.6 Å². The zero-order valence-corrected chi connectivity index (χ0v) is 20.7. The van der Waals surface area contributed by atoms with Crippen LogP contribution < -0.4 is 9.77 Å². The summed E-state index contributed by atoms with van der Waals surface area (Å²) in [5, 5.41) is 0.402. The molecule has 3 unspecified atom stereocenters. The number of ether oxygens (including phenoxy) is 1. The van der Waals surface area contributed by atoms with Crippen LogP contribution in [0.15, 0.2) is 52.3 Å². The number of thiazole rings is 1. The van der Waals surface area contributed by atoms with E-state index in [1.54, 1.807) is 37.3 Å². The lowest BCUT2D eigenvalue weighted by Crippen LogP contribution is -2.32. The Morgan fingerprint density at radius 2 is 1.82 bits per heavy atom. The topological polar surface area (TPSA) is 96.5 Å². The minimum Gasteiger partial charge on any atom is -0.462 e. The maximum absolute atomic E-state index is 13.7. The Balaban J connectivity index is 1.58. The summed E-state index contributed by atoms with van der Waals surface area (Å²) in [7, 11) is 0. The van der Waals surface area contributed by atoms with Crippen LogP contribution in [0.25, 0.3) is 0 Å². The van der Waals surface area contributed by atoms with Gasteiger partial charge in [0.15, 0.2) is 0 Å². The molecule has 1 fully saturated rings. The molecule has 174 valence electrons. The lowest BCUT2D eigenvalue weighted by molar-refractivity contribution is -0.122. The van der Waals surface area contributed by atoms with Gasteiger partial charge in [-0.2, -0.15) is 0 Å². The number of anilines is 1. The predicted octanol–water partition coefficient (Wildman–Crippen LogP) is 4.72. The van der Waals surface area contributed by atoms with Gasteiger partial charge in [-0.15, -0.1) is 0 Å². The maximum atomic E-state index is 13.7. The van der Waals surface area contributed by atoms with E-state index in [-0.39, 0.29) is 16.5 Å². The largest absolute Gasteiger partial charge is 0.462 e. The van der Waals surface area contributed by atoms with E-state index in [1.165, 1.54) is 23.9 Å². The summed E-state index contributed by atoms with van der Waals surface area (Å²) in [6, 6.07) is 11.2. The summed E-state index contributed by atoms with van der Waals surface area (Å²) in [4.78, 5) is 55.6. The van der Waals surface area contributed by atoms with Crippen molar-refractivity contribution in [3.8, 4) is 0 Å². The van der Waals surface area contributed by atoms with Crippen LogP contribution in [0.5, 0.6) is 0 Å². The molecule has 7 nitrogen and oxygen atoms in total. The van der Waals surface area contributed by atoms with Crippen LogP contribution in [0.3, 0.4) is 0 Å². The number of halogens is 2. The number of carbonyl (C=O) groups excluding carboxylic acids is 3. The van der Waals surface area contributed by atoms with E-state index in [2.05, 4.69) is 4.98 Å². The molecule has 3 heterocycles. The number of imide groups is 1. The molecular formula is C23H16Cl2N2O5S2. The molecule has 2 aliphatic heterocycles. The lowest BCUT2D eigenvalue weighted by Gasteiger charge is -2.30. The summed E-state index contributed by atoms with van der Waals surface area (Å²) in [6.07, 6.45) is 0. The van der Waals surface area contributed by atoms with E-state index in [0.717, 1.165) is 16.2 Å². The fourth-order valence-electron chi connectivity index (χ4n) is 4.33. The van der Waals surface area contributed by atoms with Crippen molar-refractivity contribution in [1.82, 2.24) is 4.98 Å². The number of hydrogen-bond donors (Lipinski definition) is 1. The maximum Gasteiger partial charge on any atom is 0.338 e. The number of esters is 1. The third-order valence-corrected chi connectivity index (χ3v) is 9.01. The van der Waals surface area contributed by atoms with Crippen LogP contribution in [-0.4, -0.2) is 34.6 Å². The van der Waals surface area contributed by atoms with Crippen molar-refractivity contribution in [3.05, 3.63) is 78.2 Å². The van der Waals surface area contributed by atoms with Gasteiger partial charge in [0.25, 0.3) is 0 Å². The summed E-state index contributed by atoms with van der Waals surface area (Å²) in [5.74, 6) is -2.68. The lowest BCUT2D eigenvalue weighted by atomic mass is 9.83. The minimum atomic E-state index is -0.780. The SMILES string of the molecule is CCOC(=O)c1ccc(N2C(=O)C3Sc4[nH]c(=O)sc4C(c4cccc(Cl)c4Cl)C3C2=O)cc1. The van der Waals surface area contributed by atoms with Gasteiger partial charge in [0.05, 0.1) is 38.8 Å². The molecule has 0 aliphatic carbocycles. The van der Waals surface area contributed by atoms with Crippen molar-refractivity contribution in [2.24, 2.45) is 5.92 Å². The average Bonchev–Trinajstić information content (AvgIpc) is 3.31. The quantitative estimate of drug-likeness (QED) is 0.384. The number of amides is 2. The number of thioether (sulfide) groups is 1. The van der Waals surface area contributed by atoms with Crippen LogP contribution >= 0.6 is 46.3 Å². The molecular weight excluding hydrogens is 519 g/mol. The van der Waals surface area contributed by atoms with Crippen molar-refractivity contribution in [3.63, 3.8) is 0 Å². The standard InChI is InChI=1S/C23H16Cl2N2O5S2/c1-2-32-22(30)10-6-8-11(9-7-10)27-20(28)15-14(12-4-3-5-13(24)16(12)25)17-19(26-23(31)34-17)33-18(15)21(27)29/h3-9,14-15,18H,2H2,1H3,(H,26,31). The number of rotatable bonds is 4. The van der Waals surface area contributed by atoms with E-state index in [4.69, 9.17) is 27.9 Å². The van der Waals surface area contributed by atoms with E-state index in [1.807, 2.05) is 0 Å². The van der Waals surface area contributed by atoms with E-state index in [9.17, 15) is 19.2 Å². The fraction of sp³-hybridized carbons (Fsp3) is 0.217. The second-order valence-electron chi connectivity index (χ2n) is 7.67. The van der Waals surface area contributed by atoms with Crippen molar-refractivity contribution in [1.29, 1.82) is 0 Å². The highest BCUT2D eigenvalue weighted by Gasteiger charge is 2.56. The zero-order valence-electron chi connectivity index (χ0n) is 17.5. The number of benzene rings is 2. The molecule has 1 N–H and O–H groups in total. The molecule has 5 rings (SSSR count). The minimum absolute atomic E-state index is 0.240. The molecule has 0 spiro atoms. The van der Waals surface area contributed by atoms with Gasteiger partial charge in [0.2, 0.25) is 11.8 Å². The second-order valence-corrected chi connectivity index (χ2v) is 10.6. The number of fused-ring (bicyclic) bond motifs is 2. The van der Waals surface area contributed by atoms with Crippen LogP contribution in [-0.2, 0) is 14.3 Å². The van der Waals surface area contributed by atoms with Gasteiger partial charge in [0.1, 0.15) is 5.25 Å². The Morgan fingerprint density at radius 3 is 2.53 bits per heavy atom. The summed E-state index contributed by atoms with van der Waals surface area (Å²) >= 11 is 15.0. The first kappa shape index (κ1) is 23.2. The van der Waals surface area contributed by atoms with Gasteiger partial charge in [-0.25, -0.2) is 9.69 Å². The third-order valence-electron chi connectivity index (χ3n) is 5.78. The van der Waals surface area contributed by atoms with E-state index in [0.29, 0.717) is 31.7 Å². The Hall–Kier alpha value is -2.59. The number of aromatic amines is 1. The van der Waals surface area contributed by atoms with Crippen LogP contribution in [0, 0.1) is 5.92 Å². The highest BCUT2D eigenvalue weighted by molar-refractivity contribution is 8.00. The number of carbonyl (C=O) groups is 3. The highest BCUT2D eigenvalue weighted by atomic mass is 35.5. The molecule has 2 aliphatic rings. The Morgan fingerprint density at radius 1 is 1.09 bits per heavy atom. The van der Waals surface area contributed by atoms with Gasteiger partial charge >= 0.3 is 10.8 Å². The van der Waals surface area contributed by atoms with Gasteiger partial charge in [-0.1, -0.05) is 58.4 Å². The molecule has 1 aromatic heterocycles. The summed E-state index contributed by atoms with van der Waals surface area (Å²) < 4.78 is 4.99. The van der Waals surface area contributed by atoms with Gasteiger partial charge in [-0.3, -0.25) is 14.4 Å². The number of aromatic nitrogens is 1. The Labute approximate surface area is 212 Å². The first-order valence-corrected chi connectivity index (χ1v) is 12.8. The van der Waals surface area contributed by atoms with Crippen LogP contribution in [0.2, 0.25) is 10.0 Å². The normalized spacial score (nSPS) is 21.4. The van der Waals surface area contributed by atoms with Crippen LogP contribution in [0.4, 0.5) is 5.69 Å².